The van der Waals surface area contributed by atoms with Crippen LogP contribution in [0.1, 0.15) is 74.9 Å². The molecule has 0 unspecified atom stereocenters. The maximum atomic E-state index is 6.81. The van der Waals surface area contributed by atoms with Gasteiger partial charge in [-0.05, 0) is 117 Å². The van der Waals surface area contributed by atoms with E-state index >= 15 is 0 Å². The Morgan fingerprint density at radius 3 is 1.43 bits per heavy atom. The molecule has 12 rings (SSSR count). The third kappa shape index (κ3) is 4.72. The molecule has 0 saturated heterocycles. The maximum absolute atomic E-state index is 6.81. The minimum atomic E-state index is -0.532. The van der Waals surface area contributed by atoms with Gasteiger partial charge in [-0.1, -0.05) is 139 Å². The average molecular weight is 775 g/mol. The zero-order chi connectivity index (χ0) is 40.7. The number of ether oxygens (including phenoxy) is 1. The fourth-order valence-corrected chi connectivity index (χ4v) is 10.6. The summed E-state index contributed by atoms with van der Waals surface area (Å²) < 4.78 is 11.7. The number of aromatic nitrogens is 2. The van der Waals surface area contributed by atoms with Crippen LogP contribution in [0.5, 0.6) is 11.5 Å². The minimum absolute atomic E-state index is 0.0430. The van der Waals surface area contributed by atoms with Crippen molar-refractivity contribution in [3.63, 3.8) is 0 Å². The molecule has 2 aromatic heterocycles. The second-order valence-electron chi connectivity index (χ2n) is 19.0. The van der Waals surface area contributed by atoms with Crippen LogP contribution in [-0.4, -0.2) is 9.13 Å². The lowest BCUT2D eigenvalue weighted by Gasteiger charge is -2.39. The summed E-state index contributed by atoms with van der Waals surface area (Å²) in [4.78, 5) is 0. The molecule has 60 heavy (non-hydrogen) atoms. The lowest BCUT2D eigenvalue weighted by atomic mass is 9.66. The average Bonchev–Trinajstić information content (AvgIpc) is 3.87. The van der Waals surface area contributed by atoms with Crippen molar-refractivity contribution >= 4 is 43.6 Å². The fourth-order valence-electron chi connectivity index (χ4n) is 10.6. The SMILES string of the molecule is CC(C)(C)c1ccc2c(c1)c1cc(C(C)(C)C)ccc1n2-c1ccc2c(c1)c1ccccc1n2-c1ccc2c(c1)C1(c3ccccc3O2)c2ccccc2-c2ccccc21. The first kappa shape index (κ1) is 35.1. The van der Waals surface area contributed by atoms with Gasteiger partial charge in [0.25, 0.3) is 0 Å². The van der Waals surface area contributed by atoms with Gasteiger partial charge < -0.3 is 13.9 Å². The van der Waals surface area contributed by atoms with Gasteiger partial charge in [0, 0.05) is 44.0 Å². The van der Waals surface area contributed by atoms with Crippen molar-refractivity contribution < 1.29 is 4.74 Å². The molecule has 0 N–H and O–H groups in total. The van der Waals surface area contributed by atoms with E-state index in [4.69, 9.17) is 4.74 Å². The van der Waals surface area contributed by atoms with Crippen LogP contribution in [0.15, 0.2) is 170 Å². The Kier molecular flexibility index (Phi) is 7.09. The molecule has 2 aliphatic rings. The summed E-state index contributed by atoms with van der Waals surface area (Å²) in [6.45, 7) is 13.8. The van der Waals surface area contributed by atoms with Crippen molar-refractivity contribution in [3.8, 4) is 34.0 Å². The Hall–Kier alpha value is -6.84. The van der Waals surface area contributed by atoms with E-state index in [9.17, 15) is 0 Å². The molecule has 3 heteroatoms. The summed E-state index contributed by atoms with van der Waals surface area (Å²) in [7, 11) is 0. The van der Waals surface area contributed by atoms with Gasteiger partial charge in [0.15, 0.2) is 0 Å². The molecule has 3 heterocycles. The first-order valence-corrected chi connectivity index (χ1v) is 21.3. The molecule has 0 atom stereocenters. The molecule has 0 bridgehead atoms. The molecule has 1 spiro atoms. The fraction of sp³-hybridized carbons (Fsp3) is 0.158. The topological polar surface area (TPSA) is 19.1 Å². The summed E-state index contributed by atoms with van der Waals surface area (Å²) in [6, 6.07) is 63.4. The zero-order valence-corrected chi connectivity index (χ0v) is 35.0. The van der Waals surface area contributed by atoms with Crippen LogP contribution in [0.2, 0.25) is 0 Å². The van der Waals surface area contributed by atoms with E-state index in [2.05, 4.69) is 221 Å². The first-order valence-electron chi connectivity index (χ1n) is 21.3. The lowest BCUT2D eigenvalue weighted by Crippen LogP contribution is -2.32. The summed E-state index contributed by atoms with van der Waals surface area (Å²) in [5.74, 6) is 1.80. The summed E-state index contributed by atoms with van der Waals surface area (Å²) >= 11 is 0. The van der Waals surface area contributed by atoms with E-state index in [0.717, 1.165) is 28.4 Å². The van der Waals surface area contributed by atoms with E-state index in [0.29, 0.717) is 0 Å². The van der Waals surface area contributed by atoms with Crippen LogP contribution in [0.25, 0.3) is 66.1 Å². The van der Waals surface area contributed by atoms with Gasteiger partial charge in [0.1, 0.15) is 11.5 Å². The minimum Gasteiger partial charge on any atom is -0.457 e. The Morgan fingerprint density at radius 1 is 0.367 bits per heavy atom. The highest BCUT2D eigenvalue weighted by molar-refractivity contribution is 6.12. The predicted octanol–water partition coefficient (Wildman–Crippen LogP) is 14.9. The van der Waals surface area contributed by atoms with E-state index in [1.807, 2.05) is 0 Å². The lowest BCUT2D eigenvalue weighted by molar-refractivity contribution is 0.436. The van der Waals surface area contributed by atoms with Crippen LogP contribution >= 0.6 is 0 Å². The van der Waals surface area contributed by atoms with Gasteiger partial charge in [-0.15, -0.1) is 0 Å². The molecule has 10 aromatic rings. The van der Waals surface area contributed by atoms with Crippen molar-refractivity contribution in [2.24, 2.45) is 0 Å². The molecular formula is C57H46N2O. The molecule has 0 saturated carbocycles. The summed E-state index contributed by atoms with van der Waals surface area (Å²) in [5, 5.41) is 5.05. The van der Waals surface area contributed by atoms with Crippen LogP contribution in [0.4, 0.5) is 0 Å². The van der Waals surface area contributed by atoms with Gasteiger partial charge in [0.05, 0.1) is 27.5 Å². The van der Waals surface area contributed by atoms with Gasteiger partial charge >= 0.3 is 0 Å². The van der Waals surface area contributed by atoms with Crippen LogP contribution in [0, 0.1) is 0 Å². The monoisotopic (exact) mass is 774 g/mol. The van der Waals surface area contributed by atoms with E-state index in [1.165, 1.54) is 82.6 Å². The molecule has 0 radical (unpaired) electrons. The molecule has 3 nitrogen and oxygen atoms in total. The Morgan fingerprint density at radius 2 is 0.817 bits per heavy atom. The van der Waals surface area contributed by atoms with Crippen molar-refractivity contribution in [3.05, 3.63) is 203 Å². The predicted molar refractivity (Wildman–Crippen MR) is 250 cm³/mol. The number of nitrogens with zero attached hydrogens (tertiary/aromatic N) is 2. The highest BCUT2D eigenvalue weighted by atomic mass is 16.5. The highest BCUT2D eigenvalue weighted by Gasteiger charge is 2.51. The van der Waals surface area contributed by atoms with Gasteiger partial charge in [-0.2, -0.15) is 0 Å². The number of hydrogen-bond donors (Lipinski definition) is 0. The standard InChI is InChI=1S/C57H46N2O/c1-55(2,3)35-23-27-50-42(31-35)43-32-36(56(4,5)6)24-28-51(43)58(50)37-25-29-52-44(33-37)41-17-9-13-21-49(41)59(52)38-26-30-54-48(34-38)57(47-20-12-14-22-53(47)60-54)45-18-10-7-15-39(45)40-16-8-11-19-46(40)57/h7-34H,1-6H3. The van der Waals surface area contributed by atoms with Crippen molar-refractivity contribution in [1.29, 1.82) is 0 Å². The number of para-hydroxylation sites is 2. The zero-order valence-electron chi connectivity index (χ0n) is 35.0. The normalized spacial score (nSPS) is 14.1. The smallest absolute Gasteiger partial charge is 0.132 e. The van der Waals surface area contributed by atoms with E-state index in [1.54, 1.807) is 0 Å². The largest absolute Gasteiger partial charge is 0.457 e. The Labute approximate surface area is 351 Å². The highest BCUT2D eigenvalue weighted by Crippen LogP contribution is 2.62. The second kappa shape index (κ2) is 12.1. The van der Waals surface area contributed by atoms with Crippen molar-refractivity contribution in [2.75, 3.05) is 0 Å². The van der Waals surface area contributed by atoms with Crippen molar-refractivity contribution in [2.45, 2.75) is 57.8 Å². The van der Waals surface area contributed by atoms with Gasteiger partial charge in [-0.25, -0.2) is 0 Å². The third-order valence-corrected chi connectivity index (χ3v) is 13.5. The maximum Gasteiger partial charge on any atom is 0.132 e. The number of hydrogen-bond acceptors (Lipinski definition) is 1. The number of rotatable bonds is 2. The summed E-state index contributed by atoms with van der Waals surface area (Å²) in [5.41, 5.74) is 16.8. The number of benzene rings is 8. The molecule has 1 aliphatic heterocycles. The van der Waals surface area contributed by atoms with Crippen LogP contribution < -0.4 is 4.74 Å². The van der Waals surface area contributed by atoms with Crippen LogP contribution in [0.3, 0.4) is 0 Å². The third-order valence-electron chi connectivity index (χ3n) is 13.5. The van der Waals surface area contributed by atoms with Crippen LogP contribution in [-0.2, 0) is 16.2 Å². The molecule has 290 valence electrons. The molecule has 1 aliphatic carbocycles. The second-order valence-corrected chi connectivity index (χ2v) is 19.0. The molecule has 0 fully saturated rings. The Bertz CT molecular complexity index is 3320. The van der Waals surface area contributed by atoms with E-state index in [-0.39, 0.29) is 10.8 Å². The molecule has 8 aromatic carbocycles. The van der Waals surface area contributed by atoms with E-state index < -0.39 is 5.41 Å². The Balaban J connectivity index is 1.10. The molecule has 0 amide bonds. The summed E-state index contributed by atoms with van der Waals surface area (Å²) in [6.07, 6.45) is 0. The quantitative estimate of drug-likeness (QED) is 0.171. The molecular weight excluding hydrogens is 729 g/mol. The number of fused-ring (bicyclic) bond motifs is 15. The van der Waals surface area contributed by atoms with Gasteiger partial charge in [-0.3, -0.25) is 0 Å². The van der Waals surface area contributed by atoms with Crippen molar-refractivity contribution in [1.82, 2.24) is 9.13 Å². The van der Waals surface area contributed by atoms with Gasteiger partial charge in [0.2, 0.25) is 0 Å². The first-order chi connectivity index (χ1) is 29.0.